The van der Waals surface area contributed by atoms with Crippen molar-refractivity contribution in [2.45, 2.75) is 30.8 Å². The van der Waals surface area contributed by atoms with Crippen LogP contribution in [0.25, 0.3) is 0 Å². The second kappa shape index (κ2) is 5.64. The lowest BCUT2D eigenvalue weighted by molar-refractivity contribution is -0.122. The van der Waals surface area contributed by atoms with Gasteiger partial charge in [0.1, 0.15) is 23.5 Å². The molecule has 0 saturated carbocycles. The van der Waals surface area contributed by atoms with Gasteiger partial charge in [-0.1, -0.05) is 6.07 Å². The summed E-state index contributed by atoms with van der Waals surface area (Å²) < 4.78 is 17.6. The van der Waals surface area contributed by atoms with E-state index < -0.39 is 5.41 Å². The van der Waals surface area contributed by atoms with Gasteiger partial charge < -0.3 is 24.8 Å². The number of hydrogen-bond acceptors (Lipinski definition) is 5. The molecule has 0 aromatic heterocycles. The van der Waals surface area contributed by atoms with Crippen LogP contribution < -0.4 is 20.1 Å². The second-order valence-corrected chi connectivity index (χ2v) is 8.04. The minimum Gasteiger partial charge on any atom is -0.493 e. The molecule has 6 nitrogen and oxygen atoms in total. The van der Waals surface area contributed by atoms with Gasteiger partial charge in [0.05, 0.1) is 24.9 Å². The van der Waals surface area contributed by atoms with E-state index in [1.54, 1.807) is 0 Å². The van der Waals surface area contributed by atoms with Crippen molar-refractivity contribution in [2.75, 3.05) is 37.0 Å². The van der Waals surface area contributed by atoms with Crippen molar-refractivity contribution in [1.82, 2.24) is 0 Å². The Morgan fingerprint density at radius 3 is 2.96 bits per heavy atom. The van der Waals surface area contributed by atoms with E-state index in [9.17, 15) is 4.79 Å². The predicted octanol–water partition coefficient (Wildman–Crippen LogP) is 2.41. The lowest BCUT2D eigenvalue weighted by Crippen LogP contribution is -2.45. The van der Waals surface area contributed by atoms with E-state index in [1.165, 1.54) is 0 Å². The molecule has 144 valence electrons. The maximum atomic E-state index is 13.9. The van der Waals surface area contributed by atoms with E-state index in [2.05, 4.69) is 6.07 Å². The minimum atomic E-state index is -0.883. The SMILES string of the molecule is Nc1cccc2c1C1(COc3cc4c(cc31)CCO4)C(=O)N2CC1CCCO1. The van der Waals surface area contributed by atoms with Crippen molar-refractivity contribution in [3.63, 3.8) is 0 Å². The quantitative estimate of drug-likeness (QED) is 0.813. The number of carbonyl (C=O) groups excluding carboxylic acids is 1. The molecule has 1 fully saturated rings. The molecule has 28 heavy (non-hydrogen) atoms. The maximum absolute atomic E-state index is 13.9. The molecule has 2 atom stereocenters. The third kappa shape index (κ3) is 1.98. The highest BCUT2D eigenvalue weighted by molar-refractivity contribution is 6.13. The number of ether oxygens (including phenoxy) is 3. The molecule has 6 rings (SSSR count). The smallest absolute Gasteiger partial charge is 0.246 e. The number of nitrogens with two attached hydrogens (primary N) is 1. The maximum Gasteiger partial charge on any atom is 0.246 e. The highest BCUT2D eigenvalue weighted by Crippen LogP contribution is 2.55. The van der Waals surface area contributed by atoms with Crippen LogP contribution in [0.4, 0.5) is 11.4 Å². The average molecular weight is 378 g/mol. The number of anilines is 2. The summed E-state index contributed by atoms with van der Waals surface area (Å²) in [6.07, 6.45) is 2.94. The molecule has 2 N–H and O–H groups in total. The van der Waals surface area contributed by atoms with Crippen molar-refractivity contribution >= 4 is 17.3 Å². The average Bonchev–Trinajstić information content (AvgIpc) is 3.46. The number of benzene rings is 2. The van der Waals surface area contributed by atoms with E-state index in [1.807, 2.05) is 29.2 Å². The minimum absolute atomic E-state index is 0.0357. The fourth-order valence-corrected chi connectivity index (χ4v) is 5.17. The number of nitrogen functional groups attached to an aromatic ring is 1. The number of hydrogen-bond donors (Lipinski definition) is 1. The molecule has 1 saturated heterocycles. The molecule has 2 aromatic carbocycles. The van der Waals surface area contributed by atoms with Crippen LogP contribution in [-0.2, 0) is 21.4 Å². The Labute approximate surface area is 163 Å². The summed E-state index contributed by atoms with van der Waals surface area (Å²) in [6.45, 7) is 2.26. The van der Waals surface area contributed by atoms with E-state index >= 15 is 0 Å². The second-order valence-electron chi connectivity index (χ2n) is 8.04. The molecule has 2 aromatic rings. The molecule has 4 aliphatic rings. The van der Waals surface area contributed by atoms with Crippen LogP contribution in [-0.4, -0.2) is 38.4 Å². The van der Waals surface area contributed by atoms with Gasteiger partial charge in [0.15, 0.2) is 0 Å². The van der Waals surface area contributed by atoms with E-state index in [-0.39, 0.29) is 18.6 Å². The number of nitrogens with zero attached hydrogens (tertiary/aromatic N) is 1. The van der Waals surface area contributed by atoms with E-state index in [0.29, 0.717) is 18.8 Å². The summed E-state index contributed by atoms with van der Waals surface area (Å²) >= 11 is 0. The first-order chi connectivity index (χ1) is 13.7. The Balaban J connectivity index is 1.53. The van der Waals surface area contributed by atoms with Crippen molar-refractivity contribution in [3.05, 3.63) is 47.0 Å². The zero-order valence-corrected chi connectivity index (χ0v) is 15.6. The first kappa shape index (κ1) is 16.2. The Kier molecular flexibility index (Phi) is 3.27. The van der Waals surface area contributed by atoms with Gasteiger partial charge in [0.2, 0.25) is 5.91 Å². The van der Waals surface area contributed by atoms with Crippen molar-refractivity contribution < 1.29 is 19.0 Å². The number of amides is 1. The zero-order valence-electron chi connectivity index (χ0n) is 15.6. The van der Waals surface area contributed by atoms with Gasteiger partial charge in [-0.05, 0) is 36.6 Å². The van der Waals surface area contributed by atoms with Gasteiger partial charge in [0.25, 0.3) is 0 Å². The molecule has 6 heteroatoms. The predicted molar refractivity (Wildman–Crippen MR) is 104 cm³/mol. The Bertz CT molecular complexity index is 998. The molecule has 2 unspecified atom stereocenters. The molecule has 0 radical (unpaired) electrons. The third-order valence-corrected chi connectivity index (χ3v) is 6.51. The summed E-state index contributed by atoms with van der Waals surface area (Å²) in [5.41, 5.74) is 9.99. The van der Waals surface area contributed by atoms with E-state index in [0.717, 1.165) is 59.7 Å². The van der Waals surface area contributed by atoms with Crippen molar-refractivity contribution in [1.29, 1.82) is 0 Å². The van der Waals surface area contributed by atoms with Crippen LogP contribution in [0.3, 0.4) is 0 Å². The summed E-state index contributed by atoms with van der Waals surface area (Å²) in [5, 5.41) is 0. The van der Waals surface area contributed by atoms with Gasteiger partial charge in [-0.3, -0.25) is 4.79 Å². The number of fused-ring (bicyclic) bond motifs is 5. The molecule has 0 aliphatic carbocycles. The summed E-state index contributed by atoms with van der Waals surface area (Å²) in [7, 11) is 0. The molecule has 4 heterocycles. The molecule has 4 aliphatic heterocycles. The normalized spacial score (nSPS) is 26.9. The third-order valence-electron chi connectivity index (χ3n) is 6.51. The Morgan fingerprint density at radius 2 is 2.11 bits per heavy atom. The van der Waals surface area contributed by atoms with Crippen LogP contribution >= 0.6 is 0 Å². The number of carbonyl (C=O) groups is 1. The number of rotatable bonds is 2. The van der Waals surface area contributed by atoms with Gasteiger partial charge in [-0.25, -0.2) is 0 Å². The van der Waals surface area contributed by atoms with Gasteiger partial charge in [-0.2, -0.15) is 0 Å². The van der Waals surface area contributed by atoms with Crippen LogP contribution in [0.5, 0.6) is 11.5 Å². The zero-order chi connectivity index (χ0) is 18.9. The van der Waals surface area contributed by atoms with Gasteiger partial charge >= 0.3 is 0 Å². The van der Waals surface area contributed by atoms with Crippen molar-refractivity contribution in [2.24, 2.45) is 0 Å². The fourth-order valence-electron chi connectivity index (χ4n) is 5.17. The summed E-state index contributed by atoms with van der Waals surface area (Å²) in [6, 6.07) is 9.80. The monoisotopic (exact) mass is 378 g/mol. The largest absolute Gasteiger partial charge is 0.493 e. The van der Waals surface area contributed by atoms with Gasteiger partial charge in [0, 0.05) is 35.9 Å². The van der Waals surface area contributed by atoms with Crippen LogP contribution in [0.15, 0.2) is 30.3 Å². The fraction of sp³-hybridized carbons (Fsp3) is 0.409. The highest BCUT2D eigenvalue weighted by atomic mass is 16.5. The molecule has 1 amide bonds. The Hall–Kier alpha value is -2.73. The summed E-state index contributed by atoms with van der Waals surface area (Å²) in [4.78, 5) is 15.8. The Morgan fingerprint density at radius 1 is 1.18 bits per heavy atom. The lowest BCUT2D eigenvalue weighted by atomic mass is 9.76. The molecular weight excluding hydrogens is 356 g/mol. The highest BCUT2D eigenvalue weighted by Gasteiger charge is 2.58. The van der Waals surface area contributed by atoms with Crippen LogP contribution in [0.1, 0.15) is 29.5 Å². The molecule has 0 bridgehead atoms. The van der Waals surface area contributed by atoms with Crippen molar-refractivity contribution in [3.8, 4) is 11.5 Å². The lowest BCUT2D eigenvalue weighted by Gasteiger charge is -2.25. The van der Waals surface area contributed by atoms with Crippen LogP contribution in [0, 0.1) is 0 Å². The molecular formula is C22H22N2O4. The van der Waals surface area contributed by atoms with Crippen LogP contribution in [0.2, 0.25) is 0 Å². The molecule has 1 spiro atoms. The topological polar surface area (TPSA) is 74.0 Å². The van der Waals surface area contributed by atoms with Gasteiger partial charge in [-0.15, -0.1) is 0 Å². The standard InChI is InChI=1S/C22H22N2O4/c23-16-4-1-5-17-20(16)22(21(25)24(17)11-14-3-2-7-26-14)12-28-19-10-18-13(6-8-27-18)9-15(19)22/h1,4-5,9-10,14H,2-3,6-8,11-12,23H2. The van der Waals surface area contributed by atoms with E-state index in [4.69, 9.17) is 19.9 Å². The first-order valence-electron chi connectivity index (χ1n) is 9.94. The summed E-state index contributed by atoms with van der Waals surface area (Å²) in [5.74, 6) is 1.62. The first-order valence-corrected chi connectivity index (χ1v) is 9.94.